The average molecular weight is 275 g/mol. The molecular formula is C11H15ClN2O4. The number of pyridine rings is 1. The minimum Gasteiger partial charge on any atom is -0.478 e. The van der Waals surface area contributed by atoms with Crippen LogP contribution in [0.1, 0.15) is 10.4 Å². The lowest BCUT2D eigenvalue weighted by Gasteiger charge is -2.22. The summed E-state index contributed by atoms with van der Waals surface area (Å²) in [6, 6.07) is 1.38. The number of hydrogen-bond donors (Lipinski definition) is 2. The fourth-order valence-corrected chi connectivity index (χ4v) is 1.61. The summed E-state index contributed by atoms with van der Waals surface area (Å²) in [5.74, 6) is -0.665. The molecule has 0 aromatic carbocycles. The van der Waals surface area contributed by atoms with Crippen LogP contribution in [0, 0.1) is 0 Å². The number of methoxy groups -OCH3 is 1. The molecule has 0 spiro atoms. The van der Waals surface area contributed by atoms with Crippen molar-refractivity contribution >= 4 is 23.4 Å². The van der Waals surface area contributed by atoms with Crippen molar-refractivity contribution in [1.29, 1.82) is 0 Å². The third kappa shape index (κ3) is 3.83. The highest BCUT2D eigenvalue weighted by molar-refractivity contribution is 6.33. The molecule has 1 rings (SSSR count). The molecule has 1 aromatic heterocycles. The summed E-state index contributed by atoms with van der Waals surface area (Å²) in [7, 11) is 1.56. The van der Waals surface area contributed by atoms with Crippen LogP contribution < -0.4 is 4.90 Å². The zero-order chi connectivity index (χ0) is 13.5. The summed E-state index contributed by atoms with van der Waals surface area (Å²) < 4.78 is 4.95. The first-order chi connectivity index (χ1) is 8.60. The maximum atomic E-state index is 11.0. The van der Waals surface area contributed by atoms with Gasteiger partial charge >= 0.3 is 5.97 Å². The number of aliphatic hydroxyl groups excluding tert-OH is 1. The fraction of sp³-hybridized carbons (Fsp3) is 0.455. The van der Waals surface area contributed by atoms with Gasteiger partial charge in [0.1, 0.15) is 5.82 Å². The first-order valence-electron chi connectivity index (χ1n) is 5.33. The van der Waals surface area contributed by atoms with E-state index in [4.69, 9.17) is 26.6 Å². The van der Waals surface area contributed by atoms with Crippen molar-refractivity contribution in [2.75, 3.05) is 38.3 Å². The number of aliphatic hydroxyl groups is 1. The molecule has 18 heavy (non-hydrogen) atoms. The zero-order valence-corrected chi connectivity index (χ0v) is 10.7. The smallest absolute Gasteiger partial charge is 0.337 e. The van der Waals surface area contributed by atoms with Crippen molar-refractivity contribution in [2.45, 2.75) is 0 Å². The van der Waals surface area contributed by atoms with Gasteiger partial charge in [0.25, 0.3) is 0 Å². The number of carboxylic acids is 1. The molecule has 0 aliphatic heterocycles. The predicted octanol–water partition coefficient (Wildman–Crippen LogP) is 0.878. The van der Waals surface area contributed by atoms with Gasteiger partial charge in [-0.1, -0.05) is 11.6 Å². The maximum Gasteiger partial charge on any atom is 0.337 e. The Bertz CT molecular complexity index is 414. The first kappa shape index (κ1) is 14.7. The van der Waals surface area contributed by atoms with Crippen LogP contribution in [0.25, 0.3) is 0 Å². The molecule has 0 unspecified atom stereocenters. The van der Waals surface area contributed by atoms with E-state index in [1.165, 1.54) is 12.3 Å². The Hall–Kier alpha value is -1.37. The molecule has 0 radical (unpaired) electrons. The minimum atomic E-state index is -1.11. The lowest BCUT2D eigenvalue weighted by molar-refractivity contribution is 0.0697. The topological polar surface area (TPSA) is 82.9 Å². The number of hydrogen-bond acceptors (Lipinski definition) is 5. The Morgan fingerprint density at radius 2 is 2.28 bits per heavy atom. The molecule has 0 saturated carbocycles. The number of carboxylic acid groups (broad SMARTS) is 1. The Balaban J connectivity index is 2.97. The lowest BCUT2D eigenvalue weighted by atomic mass is 10.2. The van der Waals surface area contributed by atoms with Crippen molar-refractivity contribution in [1.82, 2.24) is 4.98 Å². The van der Waals surface area contributed by atoms with E-state index in [1.54, 1.807) is 12.0 Å². The first-order valence-corrected chi connectivity index (χ1v) is 5.71. The van der Waals surface area contributed by atoms with E-state index in [0.717, 1.165) is 0 Å². The van der Waals surface area contributed by atoms with Crippen LogP contribution in [-0.2, 0) is 4.74 Å². The Morgan fingerprint density at radius 1 is 1.56 bits per heavy atom. The Morgan fingerprint density at radius 3 is 2.83 bits per heavy atom. The second-order valence-corrected chi connectivity index (χ2v) is 3.94. The molecule has 0 fully saturated rings. The Kier molecular flexibility index (Phi) is 5.84. The Labute approximate surface area is 110 Å². The highest BCUT2D eigenvalue weighted by atomic mass is 35.5. The van der Waals surface area contributed by atoms with E-state index in [1.807, 2.05) is 0 Å². The van der Waals surface area contributed by atoms with Crippen molar-refractivity contribution < 1.29 is 19.7 Å². The lowest BCUT2D eigenvalue weighted by Crippen LogP contribution is -2.31. The normalized spacial score (nSPS) is 10.4. The minimum absolute atomic E-state index is 0.0120. The van der Waals surface area contributed by atoms with E-state index in [2.05, 4.69) is 4.98 Å². The van der Waals surface area contributed by atoms with Gasteiger partial charge in [0.15, 0.2) is 0 Å². The molecule has 6 nitrogen and oxygen atoms in total. The maximum absolute atomic E-state index is 11.0. The monoisotopic (exact) mass is 274 g/mol. The van der Waals surface area contributed by atoms with Crippen molar-refractivity contribution in [2.24, 2.45) is 0 Å². The van der Waals surface area contributed by atoms with Crippen LogP contribution in [0.2, 0.25) is 5.02 Å². The largest absolute Gasteiger partial charge is 0.478 e. The van der Waals surface area contributed by atoms with Gasteiger partial charge in [0.2, 0.25) is 0 Å². The molecule has 1 aromatic rings. The molecule has 0 aliphatic rings. The molecule has 0 aliphatic carbocycles. The van der Waals surface area contributed by atoms with Crippen molar-refractivity contribution in [3.8, 4) is 0 Å². The summed E-state index contributed by atoms with van der Waals surface area (Å²) in [5.41, 5.74) is -0.0120. The number of nitrogens with zero attached hydrogens (tertiary/aromatic N) is 2. The average Bonchev–Trinajstić information content (AvgIpc) is 2.35. The van der Waals surface area contributed by atoms with Gasteiger partial charge in [0, 0.05) is 26.4 Å². The van der Waals surface area contributed by atoms with Crippen LogP contribution in [0.15, 0.2) is 12.3 Å². The van der Waals surface area contributed by atoms with Crippen LogP contribution >= 0.6 is 11.6 Å². The second-order valence-electron chi connectivity index (χ2n) is 3.53. The fourth-order valence-electron chi connectivity index (χ4n) is 1.43. The number of aromatic nitrogens is 1. The second kappa shape index (κ2) is 7.15. The highest BCUT2D eigenvalue weighted by Gasteiger charge is 2.14. The van der Waals surface area contributed by atoms with Crippen LogP contribution in [0.5, 0.6) is 0 Å². The molecule has 2 N–H and O–H groups in total. The van der Waals surface area contributed by atoms with Crippen molar-refractivity contribution in [3.05, 3.63) is 22.8 Å². The molecule has 0 amide bonds. The van der Waals surface area contributed by atoms with E-state index in [0.29, 0.717) is 25.5 Å². The summed E-state index contributed by atoms with van der Waals surface area (Å²) in [4.78, 5) is 16.7. The number of rotatable bonds is 7. The van der Waals surface area contributed by atoms with Gasteiger partial charge in [-0.15, -0.1) is 0 Å². The molecule has 1 heterocycles. The van der Waals surface area contributed by atoms with E-state index < -0.39 is 5.97 Å². The van der Waals surface area contributed by atoms with Gasteiger partial charge < -0.3 is 19.8 Å². The quantitative estimate of drug-likeness (QED) is 0.768. The van der Waals surface area contributed by atoms with Crippen molar-refractivity contribution in [3.63, 3.8) is 0 Å². The molecule has 7 heteroatoms. The molecule has 0 bridgehead atoms. The van der Waals surface area contributed by atoms with Gasteiger partial charge in [-0.25, -0.2) is 9.78 Å². The van der Waals surface area contributed by atoms with Crippen LogP contribution in [-0.4, -0.2) is 54.6 Å². The number of ether oxygens (including phenoxy) is 1. The summed E-state index contributed by atoms with van der Waals surface area (Å²) in [6.45, 7) is 1.24. The number of aromatic carboxylic acids is 1. The molecule has 0 atom stereocenters. The number of anilines is 1. The van der Waals surface area contributed by atoms with E-state index >= 15 is 0 Å². The number of halogens is 1. The summed E-state index contributed by atoms with van der Waals surface area (Å²) in [6.07, 6.45) is 1.29. The molecule has 0 saturated heterocycles. The summed E-state index contributed by atoms with van der Waals surface area (Å²) in [5, 5.41) is 18.0. The van der Waals surface area contributed by atoms with Crippen LogP contribution in [0.4, 0.5) is 5.82 Å². The zero-order valence-electron chi connectivity index (χ0n) is 9.97. The summed E-state index contributed by atoms with van der Waals surface area (Å²) >= 11 is 5.74. The van der Waals surface area contributed by atoms with E-state index in [-0.39, 0.29) is 17.2 Å². The van der Waals surface area contributed by atoms with Crippen LogP contribution in [0.3, 0.4) is 0 Å². The number of carbonyl (C=O) groups is 1. The van der Waals surface area contributed by atoms with Gasteiger partial charge in [0.05, 0.1) is 23.8 Å². The molecular weight excluding hydrogens is 260 g/mol. The predicted molar refractivity (Wildman–Crippen MR) is 67.4 cm³/mol. The van der Waals surface area contributed by atoms with Gasteiger partial charge in [-0.05, 0) is 6.07 Å². The third-order valence-corrected chi connectivity index (χ3v) is 2.63. The van der Waals surface area contributed by atoms with Gasteiger partial charge in [-0.2, -0.15) is 0 Å². The molecule has 100 valence electrons. The highest BCUT2D eigenvalue weighted by Crippen LogP contribution is 2.20. The van der Waals surface area contributed by atoms with Gasteiger partial charge in [-0.3, -0.25) is 0 Å². The standard InChI is InChI=1S/C11H15ClN2O4/c1-18-5-3-14(2-4-15)10-6-8(11(16)17)9(12)7-13-10/h6-7,15H,2-5H2,1H3,(H,16,17). The van der Waals surface area contributed by atoms with E-state index in [9.17, 15) is 4.79 Å². The SMILES string of the molecule is COCCN(CCO)c1cc(C(=O)O)c(Cl)cn1. The third-order valence-electron chi connectivity index (χ3n) is 2.33.